The van der Waals surface area contributed by atoms with E-state index < -0.39 is 17.2 Å². The number of Topliss-reactive ketones (excluding diaryl/α,β-unsaturated/α-hetero) is 1. The number of nitrogens with zero attached hydrogens (tertiary/aromatic N) is 2. The maximum atomic E-state index is 12.8. The van der Waals surface area contributed by atoms with Gasteiger partial charge in [0, 0.05) is 0 Å². The normalized spacial score (nSPS) is 10.5. The van der Waals surface area contributed by atoms with E-state index in [9.17, 15) is 20.0 Å². The van der Waals surface area contributed by atoms with E-state index >= 15 is 0 Å². The van der Waals surface area contributed by atoms with Crippen LogP contribution < -0.4 is 10.3 Å². The number of aromatic nitrogens is 1. The highest BCUT2D eigenvalue weighted by atomic mass is 16.5. The molecule has 7 heteroatoms. The van der Waals surface area contributed by atoms with Crippen LogP contribution in [0, 0.1) is 18.3 Å². The van der Waals surface area contributed by atoms with Crippen LogP contribution in [-0.4, -0.2) is 22.1 Å². The molecule has 148 valence electrons. The summed E-state index contributed by atoms with van der Waals surface area (Å²) in [7, 11) is 0. The van der Waals surface area contributed by atoms with Crippen LogP contribution in [0.4, 0.5) is 0 Å². The quantitative estimate of drug-likeness (QED) is 0.619. The van der Waals surface area contributed by atoms with Crippen LogP contribution in [0.15, 0.2) is 51.9 Å². The fourth-order valence-electron chi connectivity index (χ4n) is 3.03. The first-order valence-corrected chi connectivity index (χ1v) is 9.10. The molecule has 0 aliphatic rings. The van der Waals surface area contributed by atoms with Gasteiger partial charge in [-0.2, -0.15) is 5.26 Å². The molecule has 2 heterocycles. The molecule has 0 unspecified atom stereocenters. The van der Waals surface area contributed by atoms with E-state index in [1.807, 2.05) is 25.1 Å². The van der Waals surface area contributed by atoms with Crippen LogP contribution in [-0.2, 0) is 13.0 Å². The van der Waals surface area contributed by atoms with Crippen molar-refractivity contribution in [2.24, 2.45) is 0 Å². The van der Waals surface area contributed by atoms with Gasteiger partial charge in [0.05, 0.1) is 18.4 Å². The zero-order valence-electron chi connectivity index (χ0n) is 16.1. The Bertz CT molecular complexity index is 1120. The summed E-state index contributed by atoms with van der Waals surface area (Å²) in [6.07, 6.45) is 2.32. The largest absolute Gasteiger partial charge is 0.494 e. The summed E-state index contributed by atoms with van der Waals surface area (Å²) in [5.41, 5.74) is 0.260. The van der Waals surface area contributed by atoms with Crippen molar-refractivity contribution in [1.82, 2.24) is 4.57 Å². The predicted molar refractivity (Wildman–Crippen MR) is 105 cm³/mol. The lowest BCUT2D eigenvalue weighted by Crippen LogP contribution is -2.28. The molecule has 0 radical (unpaired) electrons. The summed E-state index contributed by atoms with van der Waals surface area (Å²) >= 11 is 0. The number of carbonyl (C=O) groups excluding carboxylic acids is 1. The molecule has 1 aromatic carbocycles. The third kappa shape index (κ3) is 4.06. The van der Waals surface area contributed by atoms with Crippen LogP contribution in [0.1, 0.15) is 39.7 Å². The number of ether oxygens (including phenoxy) is 1. The molecule has 0 spiro atoms. The minimum absolute atomic E-state index is 0.105. The Morgan fingerprint density at radius 2 is 2.00 bits per heavy atom. The van der Waals surface area contributed by atoms with Gasteiger partial charge < -0.3 is 14.3 Å². The van der Waals surface area contributed by atoms with Gasteiger partial charge >= 0.3 is 0 Å². The number of hydrogen-bond donors (Lipinski definition) is 1. The summed E-state index contributed by atoms with van der Waals surface area (Å²) in [5.74, 6) is -0.139. The predicted octanol–water partition coefficient (Wildman–Crippen LogP) is 3.20. The van der Waals surface area contributed by atoms with Gasteiger partial charge in [-0.3, -0.25) is 14.2 Å². The fraction of sp³-hybridized carbons (Fsp3) is 0.227. The summed E-state index contributed by atoms with van der Waals surface area (Å²) < 4.78 is 11.7. The van der Waals surface area contributed by atoms with Crippen molar-refractivity contribution in [3.05, 3.63) is 81.0 Å². The van der Waals surface area contributed by atoms with Gasteiger partial charge in [-0.25, -0.2) is 0 Å². The Balaban J connectivity index is 1.93. The van der Waals surface area contributed by atoms with Crippen LogP contribution in [0.25, 0.3) is 0 Å². The second-order valence-electron chi connectivity index (χ2n) is 6.49. The van der Waals surface area contributed by atoms with Crippen molar-refractivity contribution in [2.75, 3.05) is 6.61 Å². The molecule has 0 fully saturated rings. The Kier molecular flexibility index (Phi) is 5.84. The monoisotopic (exact) mass is 392 g/mol. The minimum atomic E-state index is -0.688. The smallest absolute Gasteiger partial charge is 0.271 e. The maximum absolute atomic E-state index is 12.8. The average Bonchev–Trinajstić information content (AvgIpc) is 3.23. The molecule has 0 aliphatic heterocycles. The molecular weight excluding hydrogens is 372 g/mol. The lowest BCUT2D eigenvalue weighted by atomic mass is 10.0. The molecule has 1 N–H and O–H groups in total. The van der Waals surface area contributed by atoms with E-state index in [0.29, 0.717) is 11.5 Å². The van der Waals surface area contributed by atoms with E-state index in [-0.39, 0.29) is 29.8 Å². The molecule has 29 heavy (non-hydrogen) atoms. The third-order valence-corrected chi connectivity index (χ3v) is 4.67. The second-order valence-corrected chi connectivity index (χ2v) is 6.49. The first-order valence-electron chi connectivity index (χ1n) is 9.10. The van der Waals surface area contributed by atoms with E-state index in [1.54, 1.807) is 24.3 Å². The molecule has 0 saturated carbocycles. The minimum Gasteiger partial charge on any atom is -0.494 e. The van der Waals surface area contributed by atoms with Crippen LogP contribution in [0.2, 0.25) is 0 Å². The van der Waals surface area contributed by atoms with E-state index in [0.717, 1.165) is 16.6 Å². The van der Waals surface area contributed by atoms with Crippen molar-refractivity contribution in [3.8, 4) is 17.7 Å². The summed E-state index contributed by atoms with van der Waals surface area (Å²) in [4.78, 5) is 25.4. The van der Waals surface area contributed by atoms with Crippen LogP contribution in [0.5, 0.6) is 11.6 Å². The highest BCUT2D eigenvalue weighted by Gasteiger charge is 2.24. The summed E-state index contributed by atoms with van der Waals surface area (Å²) in [6, 6.07) is 12.4. The number of furan rings is 1. The number of carbonyl (C=O) groups is 1. The van der Waals surface area contributed by atoms with Crippen molar-refractivity contribution in [1.29, 1.82) is 5.26 Å². The number of hydrogen-bond acceptors (Lipinski definition) is 6. The Labute approximate surface area is 167 Å². The van der Waals surface area contributed by atoms with E-state index in [2.05, 4.69) is 0 Å². The van der Waals surface area contributed by atoms with Gasteiger partial charge in [0.15, 0.2) is 6.61 Å². The number of pyridine rings is 1. The highest BCUT2D eigenvalue weighted by molar-refractivity contribution is 6.01. The number of benzene rings is 1. The molecule has 7 nitrogen and oxygen atoms in total. The average molecular weight is 392 g/mol. The SMILES string of the molecule is CCc1ccc(OCC(=O)c2c(C)c(C#N)c(=O)n(Cc3ccco3)c2O)cc1. The van der Waals surface area contributed by atoms with Crippen LogP contribution >= 0.6 is 0 Å². The van der Waals surface area contributed by atoms with E-state index in [1.165, 1.54) is 13.2 Å². The standard InChI is InChI=1S/C22H20N2O5/c1-3-15-6-8-16(9-7-15)29-13-19(25)20-14(2)18(11-23)21(26)24(22(20)27)12-17-5-4-10-28-17/h4-10,27H,3,12-13H2,1-2H3. The van der Waals surface area contributed by atoms with Crippen LogP contribution in [0.3, 0.4) is 0 Å². The Hall–Kier alpha value is -3.79. The molecule has 0 saturated heterocycles. The number of aromatic hydroxyl groups is 1. The van der Waals surface area contributed by atoms with Gasteiger partial charge in [0.2, 0.25) is 11.7 Å². The second kappa shape index (κ2) is 8.48. The van der Waals surface area contributed by atoms with Gasteiger partial charge in [-0.1, -0.05) is 19.1 Å². The molecule has 3 aromatic rings. The fourth-order valence-corrected chi connectivity index (χ4v) is 3.03. The topological polar surface area (TPSA) is 105 Å². The zero-order chi connectivity index (χ0) is 21.0. The zero-order valence-corrected chi connectivity index (χ0v) is 16.1. The van der Waals surface area contributed by atoms with Crippen molar-refractivity contribution >= 4 is 5.78 Å². The number of rotatable bonds is 7. The first kappa shape index (κ1) is 20.0. The highest BCUT2D eigenvalue weighted by Crippen LogP contribution is 2.24. The maximum Gasteiger partial charge on any atom is 0.271 e. The molecule has 2 aromatic heterocycles. The Morgan fingerprint density at radius 3 is 2.59 bits per heavy atom. The van der Waals surface area contributed by atoms with Gasteiger partial charge in [0.1, 0.15) is 23.1 Å². The van der Waals surface area contributed by atoms with Gasteiger partial charge in [-0.05, 0) is 48.7 Å². The molecule has 0 atom stereocenters. The Morgan fingerprint density at radius 1 is 1.28 bits per heavy atom. The summed E-state index contributed by atoms with van der Waals surface area (Å²) in [5, 5.41) is 20.0. The van der Waals surface area contributed by atoms with Gasteiger partial charge in [0.25, 0.3) is 5.56 Å². The number of ketones is 1. The molecule has 0 amide bonds. The number of nitriles is 1. The molecule has 0 aliphatic carbocycles. The third-order valence-electron chi connectivity index (χ3n) is 4.67. The van der Waals surface area contributed by atoms with Gasteiger partial charge in [-0.15, -0.1) is 0 Å². The number of aryl methyl sites for hydroxylation is 1. The summed E-state index contributed by atoms with van der Waals surface area (Å²) in [6.45, 7) is 3.05. The molecule has 3 rings (SSSR count). The molecular formula is C22H20N2O5. The van der Waals surface area contributed by atoms with E-state index in [4.69, 9.17) is 9.15 Å². The van der Waals surface area contributed by atoms with Crippen molar-refractivity contribution in [2.45, 2.75) is 26.8 Å². The van der Waals surface area contributed by atoms with Crippen molar-refractivity contribution in [3.63, 3.8) is 0 Å². The van der Waals surface area contributed by atoms with Crippen molar-refractivity contribution < 1.29 is 19.1 Å². The lowest BCUT2D eigenvalue weighted by molar-refractivity contribution is 0.0916. The first-order chi connectivity index (χ1) is 14.0. The molecule has 0 bridgehead atoms. The lowest BCUT2D eigenvalue weighted by Gasteiger charge is -2.15.